The zero-order chi connectivity index (χ0) is 44.1. The number of piperidine rings is 2. The second-order valence-corrected chi connectivity index (χ2v) is 18.2. The number of likely N-dealkylation sites (tertiary alicyclic amines) is 2. The van der Waals surface area contributed by atoms with Crippen molar-refractivity contribution >= 4 is 46.1 Å². The van der Waals surface area contributed by atoms with Crippen molar-refractivity contribution in [1.29, 1.82) is 0 Å². The molecule has 0 bridgehead atoms. The number of amides is 4. The first-order valence-electron chi connectivity index (χ1n) is 22.8. The number of anilines is 3. The van der Waals surface area contributed by atoms with Gasteiger partial charge in [0.05, 0.1) is 29.4 Å². The highest BCUT2D eigenvalue weighted by molar-refractivity contribution is 6.06. The topological polar surface area (TPSA) is 175 Å². The van der Waals surface area contributed by atoms with Gasteiger partial charge in [0.25, 0.3) is 5.91 Å². The Morgan fingerprint density at radius 3 is 2.45 bits per heavy atom. The van der Waals surface area contributed by atoms with Crippen molar-refractivity contribution in [3.63, 3.8) is 0 Å². The van der Waals surface area contributed by atoms with Crippen LogP contribution in [-0.4, -0.2) is 117 Å². The Morgan fingerprint density at radius 2 is 1.73 bits per heavy atom. The lowest BCUT2D eigenvalue weighted by Crippen LogP contribution is -2.51. The summed E-state index contributed by atoms with van der Waals surface area (Å²) < 4.78 is 25.3. The van der Waals surface area contributed by atoms with Gasteiger partial charge in [-0.3, -0.25) is 19.8 Å². The lowest BCUT2D eigenvalue weighted by molar-refractivity contribution is -0.120. The fraction of sp³-hybridized carbons (Fsp3) is 0.458. The number of carbonyl (C=O) groups is 3. The molecule has 2 aromatic carbocycles. The molecule has 4 amide bonds. The highest BCUT2D eigenvalue weighted by atomic mass is 19.1. The molecule has 64 heavy (non-hydrogen) atoms. The fourth-order valence-electron chi connectivity index (χ4n) is 10.1. The number of nitrogen functional groups attached to an aromatic ring is 1. The van der Waals surface area contributed by atoms with Crippen LogP contribution in [0.1, 0.15) is 97.8 Å². The molecule has 1 saturated carbocycles. The summed E-state index contributed by atoms with van der Waals surface area (Å²) in [5.41, 5.74) is 11.2. The SMILES string of the molecule is CC[C@H]1CN(c2cc(-c3ccccc3O)nnc2N)C[C@@H](c2ccc(C(=O)N3CCC(F)(CN4CCC(n5cc(C6CC6)c6cc(N7CCC(=O)NC7=O)cnc65)CC4)CC3)cc2)O1. The molecule has 0 unspecified atom stereocenters. The number of halogens is 1. The van der Waals surface area contributed by atoms with E-state index in [-0.39, 0.29) is 42.2 Å². The molecule has 5 aliphatic rings. The maximum atomic E-state index is 16.5. The molecule has 5 fully saturated rings. The molecular formula is C48H55FN10O5. The Bertz CT molecular complexity index is 2570. The van der Waals surface area contributed by atoms with Crippen LogP contribution in [0.3, 0.4) is 0 Å². The predicted octanol–water partition coefficient (Wildman–Crippen LogP) is 6.74. The molecule has 4 N–H and O–H groups in total. The minimum Gasteiger partial charge on any atom is -0.507 e. The van der Waals surface area contributed by atoms with Crippen LogP contribution in [0.4, 0.5) is 26.4 Å². The quantitative estimate of drug-likeness (QED) is 0.136. The van der Waals surface area contributed by atoms with E-state index in [1.165, 1.54) is 5.56 Å². The van der Waals surface area contributed by atoms with Crippen molar-refractivity contribution in [3.8, 4) is 17.0 Å². The molecule has 0 spiro atoms. The second kappa shape index (κ2) is 17.1. The van der Waals surface area contributed by atoms with E-state index in [4.69, 9.17) is 15.5 Å². The molecule has 1 aliphatic carbocycles. The number of phenolic OH excluding ortho intramolecular Hbond substituents is 1. The number of aromatic hydroxyl groups is 1. The van der Waals surface area contributed by atoms with E-state index < -0.39 is 11.7 Å². The van der Waals surface area contributed by atoms with Gasteiger partial charge in [-0.05, 0) is 85.5 Å². The summed E-state index contributed by atoms with van der Waals surface area (Å²) in [6.07, 6.45) is 9.30. The summed E-state index contributed by atoms with van der Waals surface area (Å²) >= 11 is 0. The van der Waals surface area contributed by atoms with Crippen molar-refractivity contribution in [3.05, 3.63) is 89.7 Å². The Labute approximate surface area is 371 Å². The number of hydrogen-bond acceptors (Lipinski definition) is 11. The average Bonchev–Trinajstić information content (AvgIpc) is 4.09. The van der Waals surface area contributed by atoms with Gasteiger partial charge in [-0.15, -0.1) is 10.2 Å². The van der Waals surface area contributed by atoms with Crippen LogP contribution >= 0.6 is 0 Å². The maximum absolute atomic E-state index is 16.5. The van der Waals surface area contributed by atoms with Crippen LogP contribution in [0.15, 0.2) is 73.1 Å². The maximum Gasteiger partial charge on any atom is 0.328 e. The number of alkyl halides is 1. The predicted molar refractivity (Wildman–Crippen MR) is 241 cm³/mol. The van der Waals surface area contributed by atoms with Gasteiger partial charge < -0.3 is 34.8 Å². The van der Waals surface area contributed by atoms with Crippen molar-refractivity contribution in [1.82, 2.24) is 34.9 Å². The number of phenols is 1. The van der Waals surface area contributed by atoms with Gasteiger partial charge in [0.2, 0.25) is 5.91 Å². The number of benzene rings is 2. The third-order valence-corrected chi connectivity index (χ3v) is 13.9. The number of nitrogens with zero attached hydrogens (tertiary/aromatic N) is 8. The van der Waals surface area contributed by atoms with Gasteiger partial charge in [0.15, 0.2) is 5.82 Å². The molecule has 15 nitrogen and oxygen atoms in total. The zero-order valence-electron chi connectivity index (χ0n) is 36.2. The Balaban J connectivity index is 0.739. The molecule has 5 aromatic rings. The molecule has 334 valence electrons. The third-order valence-electron chi connectivity index (χ3n) is 13.9. The summed E-state index contributed by atoms with van der Waals surface area (Å²) in [5.74, 6) is 0.542. The molecule has 16 heteroatoms. The number of ether oxygens (including phenoxy) is 1. The van der Waals surface area contributed by atoms with E-state index in [1.54, 1.807) is 34.2 Å². The summed E-state index contributed by atoms with van der Waals surface area (Å²) in [7, 11) is 0. The molecule has 4 aliphatic heterocycles. The van der Waals surface area contributed by atoms with Crippen LogP contribution in [0.25, 0.3) is 22.3 Å². The van der Waals surface area contributed by atoms with Gasteiger partial charge in [0, 0.05) is 100 Å². The average molecular weight is 871 g/mol. The number of imide groups is 1. The van der Waals surface area contributed by atoms with Gasteiger partial charge in [0.1, 0.15) is 23.2 Å². The number of para-hydroxylation sites is 1. The number of hydrogen-bond donors (Lipinski definition) is 3. The molecule has 2 atom stereocenters. The molecule has 10 rings (SSSR count). The number of nitrogens with two attached hydrogens (primary N) is 1. The molecule has 7 heterocycles. The van der Waals surface area contributed by atoms with Gasteiger partial charge >= 0.3 is 6.03 Å². The van der Waals surface area contributed by atoms with Gasteiger partial charge in [-0.1, -0.05) is 31.2 Å². The standard InChI is InChI=1S/C48H55FN10O5/c1-2-35-26-57(40-24-39(53-54-44(40)50)36-5-3-4-6-41(36)60)28-42(64-35)31-9-11-32(12-10-31)46(62)56-21-16-48(49,17-22-56)29-55-18-13-33(14-19-55)59-27-38(30-7-8-30)37-23-34(25-51-45(37)59)58-20-15-43(61)52-47(58)63/h3-6,9-12,23-25,27,30,33,35,42,60H,2,7-8,13-22,26,28-29H2,1H3,(H2,50,54)(H,52,61,63)/t35-,42-/m0/s1. The number of morpholine rings is 1. The highest BCUT2D eigenvalue weighted by Gasteiger charge is 2.39. The van der Waals surface area contributed by atoms with Crippen molar-refractivity contribution in [2.45, 2.75) is 88.1 Å². The number of urea groups is 1. The molecule has 0 radical (unpaired) electrons. The van der Waals surface area contributed by atoms with Crippen LogP contribution in [-0.2, 0) is 9.53 Å². The first-order chi connectivity index (χ1) is 31.0. The molecule has 3 aromatic heterocycles. The van der Waals surface area contributed by atoms with Crippen molar-refractivity contribution in [2.75, 3.05) is 67.9 Å². The van der Waals surface area contributed by atoms with E-state index in [9.17, 15) is 19.5 Å². The number of aromatic nitrogens is 4. The minimum absolute atomic E-state index is 0.0681. The number of carbonyl (C=O) groups excluding carboxylic acids is 3. The smallest absolute Gasteiger partial charge is 0.328 e. The monoisotopic (exact) mass is 870 g/mol. The van der Waals surface area contributed by atoms with Gasteiger partial charge in [-0.2, -0.15) is 0 Å². The van der Waals surface area contributed by atoms with E-state index in [2.05, 4.69) is 43.0 Å². The molecular weight excluding hydrogens is 816 g/mol. The first-order valence-corrected chi connectivity index (χ1v) is 22.8. The first kappa shape index (κ1) is 41.9. The van der Waals surface area contributed by atoms with E-state index in [0.29, 0.717) is 86.4 Å². The van der Waals surface area contributed by atoms with Crippen molar-refractivity contribution < 1.29 is 28.6 Å². The summed E-state index contributed by atoms with van der Waals surface area (Å²) in [6.45, 7) is 6.17. The second-order valence-electron chi connectivity index (χ2n) is 18.2. The third kappa shape index (κ3) is 8.36. The lowest BCUT2D eigenvalue weighted by Gasteiger charge is -2.41. The highest BCUT2D eigenvalue weighted by Crippen LogP contribution is 2.46. The van der Waals surface area contributed by atoms with E-state index >= 15 is 4.39 Å². The van der Waals surface area contributed by atoms with Crippen LogP contribution in [0, 0.1) is 0 Å². The normalized spacial score (nSPS) is 22.2. The fourth-order valence-corrected chi connectivity index (χ4v) is 10.1. The van der Waals surface area contributed by atoms with Crippen LogP contribution in [0.5, 0.6) is 5.75 Å². The Hall–Kier alpha value is -6.13. The van der Waals surface area contributed by atoms with Gasteiger partial charge in [-0.25, -0.2) is 14.2 Å². The Kier molecular flexibility index (Phi) is 11.2. The number of rotatable bonds is 10. The lowest BCUT2D eigenvalue weighted by atomic mass is 9.91. The minimum atomic E-state index is -1.37. The van der Waals surface area contributed by atoms with Crippen LogP contribution in [0.2, 0.25) is 0 Å². The summed E-state index contributed by atoms with van der Waals surface area (Å²) in [5, 5.41) is 22.4. The summed E-state index contributed by atoms with van der Waals surface area (Å²) in [6, 6.07) is 18.3. The van der Waals surface area contributed by atoms with Crippen LogP contribution < -0.4 is 20.9 Å². The number of fused-ring (bicyclic) bond motifs is 1. The zero-order valence-corrected chi connectivity index (χ0v) is 36.2. The van der Waals surface area contributed by atoms with Crippen molar-refractivity contribution in [2.24, 2.45) is 0 Å². The summed E-state index contributed by atoms with van der Waals surface area (Å²) in [4.78, 5) is 50.7. The van der Waals surface area contributed by atoms with E-state index in [1.807, 2.05) is 42.5 Å². The number of pyridine rings is 1. The Morgan fingerprint density at radius 1 is 0.969 bits per heavy atom. The van der Waals surface area contributed by atoms with E-state index in [0.717, 1.165) is 67.5 Å². The number of nitrogens with one attached hydrogen (secondary N) is 1. The largest absolute Gasteiger partial charge is 0.507 e. The molecule has 4 saturated heterocycles.